The number of benzene rings is 1. The van der Waals surface area contributed by atoms with Crippen LogP contribution < -0.4 is 11.2 Å². The largest absolute Gasteiger partial charge is 0.329 e. The molecular formula is C11H8BrClN2O2. The Bertz CT molecular complexity index is 691. The van der Waals surface area contributed by atoms with Crippen molar-refractivity contribution in [3.63, 3.8) is 0 Å². The Morgan fingerprint density at radius 1 is 1.29 bits per heavy atom. The van der Waals surface area contributed by atoms with Crippen molar-refractivity contribution in [2.45, 2.75) is 0 Å². The summed E-state index contributed by atoms with van der Waals surface area (Å²) >= 11 is 9.27. The summed E-state index contributed by atoms with van der Waals surface area (Å²) in [5.41, 5.74) is -0.0305. The number of aromatic nitrogens is 2. The van der Waals surface area contributed by atoms with Gasteiger partial charge in [-0.1, -0.05) is 45.7 Å². The van der Waals surface area contributed by atoms with Crippen LogP contribution in [0.5, 0.6) is 0 Å². The summed E-state index contributed by atoms with van der Waals surface area (Å²) in [7, 11) is 1.40. The summed E-state index contributed by atoms with van der Waals surface area (Å²) < 4.78 is 1.73. The molecule has 0 fully saturated rings. The SMILES string of the molecule is Cn1c(=O)[nH]c(Cl)c(-c2ccccc2Br)c1=O. The molecule has 4 nitrogen and oxygen atoms in total. The molecule has 0 aliphatic carbocycles. The molecular weight excluding hydrogens is 307 g/mol. The molecule has 2 rings (SSSR count). The van der Waals surface area contributed by atoms with E-state index < -0.39 is 11.2 Å². The quantitative estimate of drug-likeness (QED) is 0.820. The van der Waals surface area contributed by atoms with Crippen LogP contribution in [0.3, 0.4) is 0 Å². The molecule has 0 spiro atoms. The molecule has 0 unspecified atom stereocenters. The molecule has 1 heterocycles. The highest BCUT2D eigenvalue weighted by Gasteiger charge is 2.14. The second-order valence-electron chi connectivity index (χ2n) is 3.46. The Morgan fingerprint density at radius 2 is 1.94 bits per heavy atom. The van der Waals surface area contributed by atoms with Crippen LogP contribution in [0.25, 0.3) is 11.1 Å². The Kier molecular flexibility index (Phi) is 3.22. The van der Waals surface area contributed by atoms with Crippen molar-refractivity contribution in [3.8, 4) is 11.1 Å². The van der Waals surface area contributed by atoms with E-state index in [0.29, 0.717) is 5.56 Å². The molecule has 88 valence electrons. The average Bonchev–Trinajstić information content (AvgIpc) is 2.29. The Labute approximate surface area is 110 Å². The van der Waals surface area contributed by atoms with E-state index in [1.807, 2.05) is 6.07 Å². The molecule has 17 heavy (non-hydrogen) atoms. The maximum Gasteiger partial charge on any atom is 0.329 e. The molecule has 0 atom stereocenters. The number of hydrogen-bond donors (Lipinski definition) is 1. The van der Waals surface area contributed by atoms with Crippen LogP contribution in [-0.2, 0) is 7.05 Å². The molecule has 0 saturated carbocycles. The molecule has 0 radical (unpaired) electrons. The van der Waals surface area contributed by atoms with E-state index in [2.05, 4.69) is 20.9 Å². The van der Waals surface area contributed by atoms with Gasteiger partial charge in [0.25, 0.3) is 5.56 Å². The maximum atomic E-state index is 12.0. The third kappa shape index (κ3) is 2.08. The Morgan fingerprint density at radius 3 is 2.59 bits per heavy atom. The van der Waals surface area contributed by atoms with Gasteiger partial charge in [-0.2, -0.15) is 0 Å². The minimum absolute atomic E-state index is 0.0463. The zero-order valence-electron chi connectivity index (χ0n) is 8.83. The fourth-order valence-electron chi connectivity index (χ4n) is 1.49. The van der Waals surface area contributed by atoms with Gasteiger partial charge < -0.3 is 0 Å². The lowest BCUT2D eigenvalue weighted by Crippen LogP contribution is -2.33. The second kappa shape index (κ2) is 4.50. The highest BCUT2D eigenvalue weighted by Crippen LogP contribution is 2.28. The summed E-state index contributed by atoms with van der Waals surface area (Å²) in [6.45, 7) is 0. The smallest absolute Gasteiger partial charge is 0.297 e. The van der Waals surface area contributed by atoms with Gasteiger partial charge in [0.15, 0.2) is 0 Å². The van der Waals surface area contributed by atoms with Crippen molar-refractivity contribution in [2.75, 3.05) is 0 Å². The molecule has 0 bridgehead atoms. The average molecular weight is 316 g/mol. The van der Waals surface area contributed by atoms with Gasteiger partial charge in [0.2, 0.25) is 0 Å². The zero-order valence-corrected chi connectivity index (χ0v) is 11.2. The van der Waals surface area contributed by atoms with Crippen molar-refractivity contribution in [3.05, 3.63) is 54.7 Å². The van der Waals surface area contributed by atoms with Gasteiger partial charge in [0.1, 0.15) is 5.15 Å². The highest BCUT2D eigenvalue weighted by atomic mass is 79.9. The van der Waals surface area contributed by atoms with E-state index >= 15 is 0 Å². The van der Waals surface area contributed by atoms with E-state index in [0.717, 1.165) is 9.04 Å². The minimum Gasteiger partial charge on any atom is -0.297 e. The zero-order chi connectivity index (χ0) is 12.6. The molecule has 6 heteroatoms. The predicted octanol–water partition coefficient (Wildman–Crippen LogP) is 2.16. The molecule has 0 aliphatic rings. The third-order valence-electron chi connectivity index (χ3n) is 2.40. The van der Waals surface area contributed by atoms with E-state index in [1.54, 1.807) is 18.2 Å². The number of nitrogens with one attached hydrogen (secondary N) is 1. The summed E-state index contributed by atoms with van der Waals surface area (Å²) in [6.07, 6.45) is 0. The lowest BCUT2D eigenvalue weighted by Gasteiger charge is -2.07. The van der Waals surface area contributed by atoms with Gasteiger partial charge in [-0.15, -0.1) is 0 Å². The number of aromatic amines is 1. The number of nitrogens with zero attached hydrogens (tertiary/aromatic N) is 1. The second-order valence-corrected chi connectivity index (χ2v) is 4.70. The van der Waals surface area contributed by atoms with Gasteiger partial charge >= 0.3 is 5.69 Å². The lowest BCUT2D eigenvalue weighted by molar-refractivity contribution is 0.778. The first-order valence-electron chi connectivity index (χ1n) is 4.76. The fraction of sp³-hybridized carbons (Fsp3) is 0.0909. The van der Waals surface area contributed by atoms with E-state index in [-0.39, 0.29) is 10.7 Å². The molecule has 0 aliphatic heterocycles. The van der Waals surface area contributed by atoms with Crippen LogP contribution in [-0.4, -0.2) is 9.55 Å². The maximum absolute atomic E-state index is 12.0. The van der Waals surface area contributed by atoms with Gasteiger partial charge in [-0.05, 0) is 6.07 Å². The number of H-pyrrole nitrogens is 1. The first-order valence-corrected chi connectivity index (χ1v) is 5.93. The fourth-order valence-corrected chi connectivity index (χ4v) is 2.24. The normalized spacial score (nSPS) is 10.5. The first-order chi connectivity index (χ1) is 8.02. The van der Waals surface area contributed by atoms with Gasteiger partial charge in [0, 0.05) is 17.1 Å². The van der Waals surface area contributed by atoms with Gasteiger partial charge in [-0.3, -0.25) is 14.3 Å². The molecule has 1 aromatic heterocycles. The molecule has 0 saturated heterocycles. The van der Waals surface area contributed by atoms with Crippen molar-refractivity contribution < 1.29 is 0 Å². The Balaban J connectivity index is 2.87. The van der Waals surface area contributed by atoms with E-state index in [4.69, 9.17) is 11.6 Å². The first kappa shape index (κ1) is 12.1. The minimum atomic E-state index is -0.532. The third-order valence-corrected chi connectivity index (χ3v) is 3.38. The highest BCUT2D eigenvalue weighted by molar-refractivity contribution is 9.10. The van der Waals surface area contributed by atoms with Crippen LogP contribution in [0.2, 0.25) is 5.15 Å². The lowest BCUT2D eigenvalue weighted by atomic mass is 10.1. The number of rotatable bonds is 1. The number of hydrogen-bond acceptors (Lipinski definition) is 2. The van der Waals surface area contributed by atoms with Crippen LogP contribution in [0.4, 0.5) is 0 Å². The van der Waals surface area contributed by atoms with Crippen molar-refractivity contribution in [2.24, 2.45) is 7.05 Å². The van der Waals surface area contributed by atoms with E-state index in [9.17, 15) is 9.59 Å². The molecule has 2 aromatic rings. The van der Waals surface area contributed by atoms with Crippen molar-refractivity contribution in [1.82, 2.24) is 9.55 Å². The van der Waals surface area contributed by atoms with Crippen LogP contribution in [0.1, 0.15) is 0 Å². The van der Waals surface area contributed by atoms with Crippen molar-refractivity contribution >= 4 is 27.5 Å². The summed E-state index contributed by atoms with van der Waals surface area (Å²) in [5.74, 6) is 0. The monoisotopic (exact) mass is 314 g/mol. The predicted molar refractivity (Wildman–Crippen MR) is 70.4 cm³/mol. The topological polar surface area (TPSA) is 54.9 Å². The molecule has 1 aromatic carbocycles. The van der Waals surface area contributed by atoms with Crippen molar-refractivity contribution in [1.29, 1.82) is 0 Å². The van der Waals surface area contributed by atoms with E-state index in [1.165, 1.54) is 7.05 Å². The van der Waals surface area contributed by atoms with Gasteiger partial charge in [0.05, 0.1) is 5.56 Å². The number of halogens is 2. The summed E-state index contributed by atoms with van der Waals surface area (Å²) in [6, 6.07) is 7.18. The summed E-state index contributed by atoms with van der Waals surface area (Å²) in [5, 5.41) is 0.0463. The van der Waals surface area contributed by atoms with Gasteiger partial charge in [-0.25, -0.2) is 4.79 Å². The van der Waals surface area contributed by atoms with Crippen LogP contribution in [0.15, 0.2) is 38.3 Å². The molecule has 1 N–H and O–H groups in total. The standard InChI is InChI=1S/C11H8BrClN2O2/c1-15-10(16)8(9(13)14-11(15)17)6-4-2-3-5-7(6)12/h2-5H,1H3,(H,14,17). The van der Waals surface area contributed by atoms with Crippen LogP contribution >= 0.6 is 27.5 Å². The summed E-state index contributed by atoms with van der Waals surface area (Å²) in [4.78, 5) is 25.8. The molecule has 0 amide bonds. The van der Waals surface area contributed by atoms with Crippen LogP contribution in [0, 0.1) is 0 Å². The Hall–Kier alpha value is -1.33.